The lowest BCUT2D eigenvalue weighted by molar-refractivity contribution is -0.107. The molecular weight excluding hydrogens is 371 g/mol. The van der Waals surface area contributed by atoms with E-state index in [0.717, 1.165) is 25.3 Å². The molecule has 8 heteroatoms. The number of anilines is 1. The number of rotatable bonds is 6. The summed E-state index contributed by atoms with van der Waals surface area (Å²) in [5, 5.41) is 6.74. The Morgan fingerprint density at radius 1 is 1.11 bits per heavy atom. The average Bonchev–Trinajstić information content (AvgIpc) is 3.36. The Bertz CT molecular complexity index is 1020. The van der Waals surface area contributed by atoms with Crippen LogP contribution >= 0.6 is 0 Å². The van der Waals surface area contributed by atoms with Gasteiger partial charge in [-0.05, 0) is 54.7 Å². The minimum Gasteiger partial charge on any atom is -0.415 e. The quantitative estimate of drug-likeness (QED) is 0.586. The third-order valence-electron chi connectivity index (χ3n) is 4.81. The minimum absolute atomic E-state index is 0.0422. The van der Waals surface area contributed by atoms with Crippen molar-refractivity contribution in [3.63, 3.8) is 0 Å². The Labute approximate surface area is 158 Å². The fraction of sp³-hybridized carbons (Fsp3) is 0.250. The first-order valence-electron chi connectivity index (χ1n) is 8.79. The van der Waals surface area contributed by atoms with Crippen LogP contribution in [0.2, 0.25) is 0 Å². The number of fused-ring (bicyclic) bond motifs is 1. The molecule has 0 fully saturated rings. The van der Waals surface area contributed by atoms with Crippen LogP contribution in [0, 0.1) is 5.82 Å². The molecule has 1 aromatic heterocycles. The van der Waals surface area contributed by atoms with E-state index in [-0.39, 0.29) is 23.6 Å². The molecule has 0 N–H and O–H groups in total. The van der Waals surface area contributed by atoms with Crippen molar-refractivity contribution in [1.82, 2.24) is 10.2 Å². The van der Waals surface area contributed by atoms with Gasteiger partial charge >= 0.3 is 6.43 Å². The number of nitrogens with zero attached hydrogens (tertiary/aromatic N) is 3. The first-order valence-corrected chi connectivity index (χ1v) is 8.79. The van der Waals surface area contributed by atoms with Crippen LogP contribution in [0.15, 0.2) is 40.8 Å². The van der Waals surface area contributed by atoms with Gasteiger partial charge in [0.25, 0.3) is 5.89 Å². The Hall–Kier alpha value is -3.16. The zero-order valence-electron chi connectivity index (χ0n) is 14.7. The van der Waals surface area contributed by atoms with E-state index in [1.165, 1.54) is 28.2 Å². The first kappa shape index (κ1) is 18.2. The van der Waals surface area contributed by atoms with Crippen molar-refractivity contribution < 1.29 is 22.4 Å². The molecule has 0 saturated carbocycles. The summed E-state index contributed by atoms with van der Waals surface area (Å²) in [6.07, 6.45) is 0.883. The van der Waals surface area contributed by atoms with E-state index in [4.69, 9.17) is 4.42 Å². The van der Waals surface area contributed by atoms with Crippen molar-refractivity contribution in [1.29, 1.82) is 0 Å². The standard InChI is InChI=1S/C20H16F3N3O2/c21-17-9-14(19-24-25-20(28-19)18(22)23)4-5-15(17)10-26(11-27)16-7-6-12-2-1-3-13(12)8-16/h4-9,11,18H,1-3,10H2. The van der Waals surface area contributed by atoms with Gasteiger partial charge in [0.2, 0.25) is 12.3 Å². The Balaban J connectivity index is 1.56. The van der Waals surface area contributed by atoms with Gasteiger partial charge in [0.05, 0.1) is 6.54 Å². The number of amides is 1. The second kappa shape index (κ2) is 7.46. The summed E-state index contributed by atoms with van der Waals surface area (Å²) in [5.74, 6) is -1.60. The topological polar surface area (TPSA) is 59.2 Å². The van der Waals surface area contributed by atoms with Crippen molar-refractivity contribution in [2.45, 2.75) is 32.2 Å². The predicted molar refractivity (Wildman–Crippen MR) is 95.4 cm³/mol. The van der Waals surface area contributed by atoms with Crippen LogP contribution in [0.1, 0.15) is 35.4 Å². The third-order valence-corrected chi connectivity index (χ3v) is 4.81. The van der Waals surface area contributed by atoms with Crippen LogP contribution in [-0.4, -0.2) is 16.6 Å². The summed E-state index contributed by atoms with van der Waals surface area (Å²) >= 11 is 0. The average molecular weight is 387 g/mol. The van der Waals surface area contributed by atoms with Gasteiger partial charge in [0, 0.05) is 16.8 Å². The molecular formula is C20H16F3N3O2. The van der Waals surface area contributed by atoms with Crippen molar-refractivity contribution in [3.05, 3.63) is 64.8 Å². The van der Waals surface area contributed by atoms with E-state index < -0.39 is 18.1 Å². The van der Waals surface area contributed by atoms with E-state index in [9.17, 15) is 18.0 Å². The molecule has 4 rings (SSSR count). The summed E-state index contributed by atoms with van der Waals surface area (Å²) in [7, 11) is 0. The summed E-state index contributed by atoms with van der Waals surface area (Å²) in [6, 6.07) is 9.92. The Morgan fingerprint density at radius 3 is 2.64 bits per heavy atom. The molecule has 2 aromatic carbocycles. The highest BCUT2D eigenvalue weighted by atomic mass is 19.3. The molecule has 5 nitrogen and oxygen atoms in total. The number of hydrogen-bond donors (Lipinski definition) is 0. The van der Waals surface area contributed by atoms with Crippen LogP contribution in [0.4, 0.5) is 18.9 Å². The highest BCUT2D eigenvalue weighted by Gasteiger charge is 2.19. The normalized spacial score (nSPS) is 13.0. The molecule has 1 aliphatic rings. The Kier molecular flexibility index (Phi) is 4.85. The van der Waals surface area contributed by atoms with E-state index in [1.807, 2.05) is 18.2 Å². The van der Waals surface area contributed by atoms with Gasteiger partial charge in [-0.15, -0.1) is 10.2 Å². The SMILES string of the molecule is O=CN(Cc1ccc(-c2nnc(C(F)F)o2)cc1F)c1ccc2c(c1)CCC2. The van der Waals surface area contributed by atoms with Gasteiger partial charge in [-0.25, -0.2) is 4.39 Å². The molecule has 0 spiro atoms. The van der Waals surface area contributed by atoms with Crippen molar-refractivity contribution in [2.24, 2.45) is 0 Å². The van der Waals surface area contributed by atoms with Crippen molar-refractivity contribution in [2.75, 3.05) is 4.90 Å². The minimum atomic E-state index is -2.89. The number of aryl methyl sites for hydroxylation is 2. The van der Waals surface area contributed by atoms with Crippen molar-refractivity contribution >= 4 is 12.1 Å². The summed E-state index contributed by atoms with van der Waals surface area (Å²) in [5.41, 5.74) is 3.68. The van der Waals surface area contributed by atoms with Gasteiger partial charge in [-0.2, -0.15) is 8.78 Å². The van der Waals surface area contributed by atoms with Gasteiger partial charge in [-0.1, -0.05) is 12.1 Å². The lowest BCUT2D eigenvalue weighted by Gasteiger charge is -2.19. The van der Waals surface area contributed by atoms with E-state index >= 15 is 0 Å². The monoisotopic (exact) mass is 387 g/mol. The first-order chi connectivity index (χ1) is 13.5. The van der Waals surface area contributed by atoms with Crippen LogP contribution < -0.4 is 4.90 Å². The van der Waals surface area contributed by atoms with Gasteiger partial charge in [0.1, 0.15) is 5.82 Å². The third kappa shape index (κ3) is 3.49. The molecule has 1 heterocycles. The molecule has 0 saturated heterocycles. The summed E-state index contributed by atoms with van der Waals surface area (Å²) in [4.78, 5) is 13.0. The molecule has 1 aliphatic carbocycles. The maximum Gasteiger partial charge on any atom is 0.314 e. The summed E-state index contributed by atoms with van der Waals surface area (Å²) < 4.78 is 44.5. The molecule has 0 aliphatic heterocycles. The van der Waals surface area contributed by atoms with Gasteiger partial charge in [-0.3, -0.25) is 4.79 Å². The highest BCUT2D eigenvalue weighted by Crippen LogP contribution is 2.28. The van der Waals surface area contributed by atoms with E-state index in [1.54, 1.807) is 0 Å². The number of aromatic nitrogens is 2. The number of alkyl halides is 2. The molecule has 28 heavy (non-hydrogen) atoms. The number of benzene rings is 2. The number of carbonyl (C=O) groups excluding carboxylic acids is 1. The second-order valence-corrected chi connectivity index (χ2v) is 6.59. The molecule has 0 bridgehead atoms. The summed E-state index contributed by atoms with van der Waals surface area (Å²) in [6.45, 7) is 0.0422. The fourth-order valence-corrected chi connectivity index (χ4v) is 3.36. The largest absolute Gasteiger partial charge is 0.415 e. The number of carbonyl (C=O) groups is 1. The van der Waals surface area contributed by atoms with Crippen LogP contribution in [0.5, 0.6) is 0 Å². The highest BCUT2D eigenvalue weighted by molar-refractivity contribution is 5.75. The predicted octanol–water partition coefficient (Wildman–Crippen LogP) is 4.47. The molecule has 1 amide bonds. The second-order valence-electron chi connectivity index (χ2n) is 6.59. The molecule has 0 radical (unpaired) electrons. The van der Waals surface area contributed by atoms with E-state index in [2.05, 4.69) is 10.2 Å². The molecule has 0 unspecified atom stereocenters. The van der Waals surface area contributed by atoms with Gasteiger partial charge < -0.3 is 9.32 Å². The van der Waals surface area contributed by atoms with Crippen molar-refractivity contribution in [3.8, 4) is 11.5 Å². The zero-order valence-corrected chi connectivity index (χ0v) is 14.7. The maximum atomic E-state index is 14.6. The van der Waals surface area contributed by atoms with Crippen LogP contribution in [0.3, 0.4) is 0 Å². The molecule has 0 atom stereocenters. The molecule has 3 aromatic rings. The van der Waals surface area contributed by atoms with Gasteiger partial charge in [0.15, 0.2) is 0 Å². The maximum absolute atomic E-state index is 14.6. The number of hydrogen-bond acceptors (Lipinski definition) is 4. The molecule has 144 valence electrons. The number of halogens is 3. The fourth-order valence-electron chi connectivity index (χ4n) is 3.36. The van der Waals surface area contributed by atoms with Crippen LogP contribution in [-0.2, 0) is 24.2 Å². The van der Waals surface area contributed by atoms with Crippen LogP contribution in [0.25, 0.3) is 11.5 Å². The lowest BCUT2D eigenvalue weighted by Crippen LogP contribution is -2.21. The lowest BCUT2D eigenvalue weighted by atomic mass is 10.1. The zero-order chi connectivity index (χ0) is 19.7. The Morgan fingerprint density at radius 2 is 1.93 bits per heavy atom. The smallest absolute Gasteiger partial charge is 0.314 e. The van der Waals surface area contributed by atoms with E-state index in [0.29, 0.717) is 12.1 Å².